The lowest BCUT2D eigenvalue weighted by Crippen LogP contribution is -2.25. The van der Waals surface area contributed by atoms with Crippen LogP contribution in [-0.4, -0.2) is 17.6 Å². The quantitative estimate of drug-likeness (QED) is 0.871. The van der Waals surface area contributed by atoms with Gasteiger partial charge < -0.3 is 10.5 Å². The van der Waals surface area contributed by atoms with Crippen LogP contribution in [0.3, 0.4) is 0 Å². The van der Waals surface area contributed by atoms with Crippen molar-refractivity contribution < 1.29 is 4.74 Å². The standard InChI is InChI=1S/C14H18N2OS/c1-11-3-2-4-13(9-11)17-7-5-12(15)10-14-16-6-8-18-14/h2-4,6,8-9,12H,5,7,10,15H2,1H3. The van der Waals surface area contributed by atoms with Crippen molar-refractivity contribution >= 4 is 11.3 Å². The molecule has 1 unspecified atom stereocenters. The molecule has 0 saturated heterocycles. The van der Waals surface area contributed by atoms with Crippen LogP contribution in [0.1, 0.15) is 17.0 Å². The van der Waals surface area contributed by atoms with Crippen LogP contribution in [0, 0.1) is 6.92 Å². The Morgan fingerprint density at radius 1 is 1.44 bits per heavy atom. The molecule has 2 rings (SSSR count). The van der Waals surface area contributed by atoms with Crippen LogP contribution in [0.15, 0.2) is 35.8 Å². The first-order chi connectivity index (χ1) is 8.74. The summed E-state index contributed by atoms with van der Waals surface area (Å²) in [4.78, 5) is 4.23. The number of benzene rings is 1. The highest BCUT2D eigenvalue weighted by molar-refractivity contribution is 7.09. The normalized spacial score (nSPS) is 12.3. The topological polar surface area (TPSA) is 48.1 Å². The Bertz CT molecular complexity index is 470. The first kappa shape index (κ1) is 13.1. The van der Waals surface area contributed by atoms with Crippen molar-refractivity contribution in [3.63, 3.8) is 0 Å². The molecule has 96 valence electrons. The van der Waals surface area contributed by atoms with Crippen LogP contribution in [0.2, 0.25) is 0 Å². The summed E-state index contributed by atoms with van der Waals surface area (Å²) in [5, 5.41) is 3.07. The van der Waals surface area contributed by atoms with E-state index >= 15 is 0 Å². The smallest absolute Gasteiger partial charge is 0.119 e. The molecule has 2 aromatic rings. The van der Waals surface area contributed by atoms with E-state index < -0.39 is 0 Å². The SMILES string of the molecule is Cc1cccc(OCCC(N)Cc2nccs2)c1. The number of aryl methyl sites for hydroxylation is 1. The molecule has 0 saturated carbocycles. The van der Waals surface area contributed by atoms with Gasteiger partial charge >= 0.3 is 0 Å². The molecule has 0 fully saturated rings. The molecule has 0 aliphatic heterocycles. The average molecular weight is 262 g/mol. The summed E-state index contributed by atoms with van der Waals surface area (Å²) in [6.07, 6.45) is 3.48. The average Bonchev–Trinajstić information content (AvgIpc) is 2.82. The second-order valence-corrected chi connectivity index (χ2v) is 5.32. The summed E-state index contributed by atoms with van der Waals surface area (Å²) in [5.74, 6) is 0.913. The second kappa shape index (κ2) is 6.52. The number of aromatic nitrogens is 1. The number of nitrogens with zero attached hydrogens (tertiary/aromatic N) is 1. The molecule has 2 N–H and O–H groups in total. The van der Waals surface area contributed by atoms with Gasteiger partial charge in [0.2, 0.25) is 0 Å². The fourth-order valence-electron chi connectivity index (χ4n) is 1.71. The van der Waals surface area contributed by atoms with Gasteiger partial charge in [-0.3, -0.25) is 0 Å². The molecule has 0 radical (unpaired) electrons. The third kappa shape index (κ3) is 4.13. The van der Waals surface area contributed by atoms with E-state index in [-0.39, 0.29) is 6.04 Å². The van der Waals surface area contributed by atoms with Crippen LogP contribution in [-0.2, 0) is 6.42 Å². The molecular formula is C14H18N2OS. The highest BCUT2D eigenvalue weighted by Gasteiger charge is 2.06. The summed E-state index contributed by atoms with van der Waals surface area (Å²) in [7, 11) is 0. The molecule has 0 aliphatic rings. The summed E-state index contributed by atoms with van der Waals surface area (Å²) < 4.78 is 5.68. The molecule has 0 bridgehead atoms. The van der Waals surface area contributed by atoms with Crippen LogP contribution >= 0.6 is 11.3 Å². The van der Waals surface area contributed by atoms with Crippen LogP contribution < -0.4 is 10.5 Å². The number of nitrogens with two attached hydrogens (primary N) is 1. The summed E-state index contributed by atoms with van der Waals surface area (Å²) in [6.45, 7) is 2.71. The van der Waals surface area contributed by atoms with Gasteiger partial charge in [-0.1, -0.05) is 12.1 Å². The van der Waals surface area contributed by atoms with Crippen molar-refractivity contribution in [2.24, 2.45) is 5.73 Å². The maximum absolute atomic E-state index is 6.05. The number of hydrogen-bond donors (Lipinski definition) is 1. The van der Waals surface area contributed by atoms with Crippen molar-refractivity contribution in [1.82, 2.24) is 4.98 Å². The molecule has 4 heteroatoms. The third-order valence-corrected chi connectivity index (χ3v) is 3.47. The third-order valence-electron chi connectivity index (χ3n) is 2.67. The molecule has 18 heavy (non-hydrogen) atoms. The first-order valence-corrected chi connectivity index (χ1v) is 6.95. The maximum Gasteiger partial charge on any atom is 0.119 e. The lowest BCUT2D eigenvalue weighted by atomic mass is 10.2. The van der Waals surface area contributed by atoms with E-state index in [0.717, 1.165) is 23.6 Å². The van der Waals surface area contributed by atoms with Gasteiger partial charge in [-0.15, -0.1) is 11.3 Å². The Morgan fingerprint density at radius 2 is 2.33 bits per heavy atom. The van der Waals surface area contributed by atoms with E-state index in [1.54, 1.807) is 11.3 Å². The fraction of sp³-hybridized carbons (Fsp3) is 0.357. The maximum atomic E-state index is 6.05. The van der Waals surface area contributed by atoms with Gasteiger partial charge in [-0.25, -0.2) is 4.98 Å². The van der Waals surface area contributed by atoms with Crippen molar-refractivity contribution in [3.05, 3.63) is 46.4 Å². The Hall–Kier alpha value is -1.39. The summed E-state index contributed by atoms with van der Waals surface area (Å²) in [5.41, 5.74) is 7.25. The van der Waals surface area contributed by atoms with E-state index in [0.29, 0.717) is 6.61 Å². The summed E-state index contributed by atoms with van der Waals surface area (Å²) in [6, 6.07) is 8.17. The van der Waals surface area contributed by atoms with Crippen molar-refractivity contribution in [2.75, 3.05) is 6.61 Å². The lowest BCUT2D eigenvalue weighted by molar-refractivity contribution is 0.297. The Balaban J connectivity index is 1.72. The molecule has 1 aromatic carbocycles. The van der Waals surface area contributed by atoms with Gasteiger partial charge in [-0.05, 0) is 31.0 Å². The van der Waals surface area contributed by atoms with E-state index in [9.17, 15) is 0 Å². The Morgan fingerprint density at radius 3 is 3.06 bits per heavy atom. The molecule has 1 aromatic heterocycles. The van der Waals surface area contributed by atoms with Gasteiger partial charge in [0.05, 0.1) is 11.6 Å². The number of thiazole rings is 1. The molecule has 3 nitrogen and oxygen atoms in total. The molecule has 0 amide bonds. The van der Waals surface area contributed by atoms with Gasteiger partial charge in [0.25, 0.3) is 0 Å². The predicted octanol–water partition coefficient (Wildman–Crippen LogP) is 2.79. The first-order valence-electron chi connectivity index (χ1n) is 6.07. The zero-order chi connectivity index (χ0) is 12.8. The van der Waals surface area contributed by atoms with Gasteiger partial charge in [0.15, 0.2) is 0 Å². The van der Waals surface area contributed by atoms with Crippen molar-refractivity contribution in [1.29, 1.82) is 0 Å². The minimum atomic E-state index is 0.112. The largest absolute Gasteiger partial charge is 0.494 e. The minimum absolute atomic E-state index is 0.112. The van der Waals surface area contributed by atoms with Crippen LogP contribution in [0.5, 0.6) is 5.75 Å². The van der Waals surface area contributed by atoms with Crippen LogP contribution in [0.4, 0.5) is 0 Å². The number of hydrogen-bond acceptors (Lipinski definition) is 4. The monoisotopic (exact) mass is 262 g/mol. The highest BCUT2D eigenvalue weighted by atomic mass is 32.1. The second-order valence-electron chi connectivity index (χ2n) is 4.34. The van der Waals surface area contributed by atoms with E-state index in [4.69, 9.17) is 10.5 Å². The lowest BCUT2D eigenvalue weighted by Gasteiger charge is -2.11. The number of ether oxygens (including phenoxy) is 1. The zero-order valence-corrected chi connectivity index (χ0v) is 11.3. The molecular weight excluding hydrogens is 244 g/mol. The molecule has 1 heterocycles. The fourth-order valence-corrected chi connectivity index (χ4v) is 2.42. The van der Waals surface area contributed by atoms with Gasteiger partial charge in [-0.2, -0.15) is 0 Å². The van der Waals surface area contributed by atoms with Crippen molar-refractivity contribution in [2.45, 2.75) is 25.8 Å². The zero-order valence-electron chi connectivity index (χ0n) is 10.5. The molecule has 0 aliphatic carbocycles. The Kier molecular flexibility index (Phi) is 4.73. The van der Waals surface area contributed by atoms with Gasteiger partial charge in [0.1, 0.15) is 5.75 Å². The predicted molar refractivity (Wildman–Crippen MR) is 75.1 cm³/mol. The van der Waals surface area contributed by atoms with E-state index in [2.05, 4.69) is 18.0 Å². The Labute approximate surface area is 112 Å². The molecule has 0 spiro atoms. The molecule has 1 atom stereocenters. The minimum Gasteiger partial charge on any atom is -0.494 e. The highest BCUT2D eigenvalue weighted by Crippen LogP contribution is 2.13. The van der Waals surface area contributed by atoms with Crippen LogP contribution in [0.25, 0.3) is 0 Å². The van der Waals surface area contributed by atoms with E-state index in [1.165, 1.54) is 5.56 Å². The van der Waals surface area contributed by atoms with Gasteiger partial charge in [0, 0.05) is 24.0 Å². The summed E-state index contributed by atoms with van der Waals surface area (Å²) >= 11 is 1.65. The van der Waals surface area contributed by atoms with Crippen molar-refractivity contribution in [3.8, 4) is 5.75 Å². The number of rotatable bonds is 6. The van der Waals surface area contributed by atoms with E-state index in [1.807, 2.05) is 29.8 Å².